The Bertz CT molecular complexity index is 634. The molecule has 0 radical (unpaired) electrons. The number of benzene rings is 2. The molecule has 126 valence electrons. The van der Waals surface area contributed by atoms with Crippen molar-refractivity contribution in [1.82, 2.24) is 0 Å². The molecule has 0 aliphatic rings. The van der Waals surface area contributed by atoms with Crippen molar-refractivity contribution in [2.45, 2.75) is 40.5 Å². The van der Waals surface area contributed by atoms with E-state index in [-0.39, 0.29) is 10.8 Å². The van der Waals surface area contributed by atoms with Crippen LogP contribution < -0.4 is 0 Å². The van der Waals surface area contributed by atoms with Crippen LogP contribution in [-0.2, 0) is 0 Å². The zero-order valence-electron chi connectivity index (χ0n) is 15.0. The highest BCUT2D eigenvalue weighted by atomic mass is 32.1. The van der Waals surface area contributed by atoms with E-state index in [2.05, 4.69) is 52.0 Å². The molecule has 0 aliphatic carbocycles. The summed E-state index contributed by atoms with van der Waals surface area (Å²) >= 11 is 11.5. The lowest BCUT2D eigenvalue weighted by Gasteiger charge is -2.32. The van der Waals surface area contributed by atoms with Gasteiger partial charge in [-0.15, -0.1) is 0 Å². The molecule has 0 saturated carbocycles. The van der Waals surface area contributed by atoms with Gasteiger partial charge >= 0.3 is 0 Å². The summed E-state index contributed by atoms with van der Waals surface area (Å²) in [6, 6.07) is 20.7. The number of thiocarbonyl (C=S) groups is 2. The third kappa shape index (κ3) is 4.58. The minimum atomic E-state index is -0.0275. The van der Waals surface area contributed by atoms with E-state index in [9.17, 15) is 0 Å². The Balaban J connectivity index is 2.07. The Hall–Kier alpha value is -1.38. The average Bonchev–Trinajstić information content (AvgIpc) is 2.60. The molecule has 0 N–H and O–H groups in total. The van der Waals surface area contributed by atoms with Crippen molar-refractivity contribution in [2.75, 3.05) is 0 Å². The first kappa shape index (κ1) is 19.0. The predicted molar refractivity (Wildman–Crippen MR) is 113 cm³/mol. The summed E-state index contributed by atoms with van der Waals surface area (Å²) in [5, 5.41) is 0. The molecule has 0 amide bonds. The second kappa shape index (κ2) is 7.67. The van der Waals surface area contributed by atoms with Crippen molar-refractivity contribution < 1.29 is 0 Å². The molecule has 2 heteroatoms. The summed E-state index contributed by atoms with van der Waals surface area (Å²) in [7, 11) is 0. The van der Waals surface area contributed by atoms with Crippen LogP contribution in [0.1, 0.15) is 51.7 Å². The smallest absolute Gasteiger partial charge is 0.0280 e. The van der Waals surface area contributed by atoms with Crippen LogP contribution in [-0.4, -0.2) is 9.73 Å². The largest absolute Gasteiger partial charge is 0.0837 e. The summed E-state index contributed by atoms with van der Waals surface area (Å²) in [6.07, 6.45) is 2.03. The maximum Gasteiger partial charge on any atom is 0.0280 e. The fourth-order valence-corrected chi connectivity index (χ4v) is 3.29. The number of hydrogen-bond acceptors (Lipinski definition) is 2. The quantitative estimate of drug-likeness (QED) is 0.403. The fraction of sp³-hybridized carbons (Fsp3) is 0.364. The lowest BCUT2D eigenvalue weighted by Crippen LogP contribution is -2.29. The van der Waals surface area contributed by atoms with Gasteiger partial charge in [-0.2, -0.15) is 0 Å². The standard InChI is InChI=1S/C22H26S2/c1-21(2,19(23)17-11-7-5-8-12-17)15-16-22(3,4)20(24)18-13-9-6-10-14-18/h5-14H,15-16H2,1-4H3. The van der Waals surface area contributed by atoms with Crippen molar-refractivity contribution in [3.63, 3.8) is 0 Å². The summed E-state index contributed by atoms with van der Waals surface area (Å²) in [6.45, 7) is 8.96. The molecule has 0 unspecified atom stereocenters. The van der Waals surface area contributed by atoms with Gasteiger partial charge in [-0.1, -0.05) is 113 Å². The van der Waals surface area contributed by atoms with Crippen LogP contribution in [0.2, 0.25) is 0 Å². The van der Waals surface area contributed by atoms with E-state index in [0.717, 1.165) is 33.7 Å². The highest BCUT2D eigenvalue weighted by molar-refractivity contribution is 7.81. The van der Waals surface area contributed by atoms with E-state index in [1.54, 1.807) is 0 Å². The molecule has 0 saturated heterocycles. The molecule has 2 aromatic carbocycles. The fourth-order valence-electron chi connectivity index (χ4n) is 2.81. The Labute approximate surface area is 157 Å². The van der Waals surface area contributed by atoms with Gasteiger partial charge in [-0.3, -0.25) is 0 Å². The third-order valence-corrected chi connectivity index (χ3v) is 6.25. The minimum Gasteiger partial charge on any atom is -0.0837 e. The molecule has 0 aromatic heterocycles. The molecule has 0 fully saturated rings. The molecule has 24 heavy (non-hydrogen) atoms. The Kier molecular flexibility index (Phi) is 6.06. The second-order valence-electron chi connectivity index (χ2n) is 7.66. The van der Waals surface area contributed by atoms with Gasteiger partial charge in [-0.05, 0) is 24.0 Å². The van der Waals surface area contributed by atoms with E-state index in [4.69, 9.17) is 24.4 Å². The van der Waals surface area contributed by atoms with Gasteiger partial charge in [0.25, 0.3) is 0 Å². The van der Waals surface area contributed by atoms with Crippen LogP contribution in [0.25, 0.3) is 0 Å². The molecule has 0 atom stereocenters. The molecular weight excluding hydrogens is 328 g/mol. The van der Waals surface area contributed by atoms with Gasteiger partial charge < -0.3 is 0 Å². The van der Waals surface area contributed by atoms with Crippen LogP contribution in [0.4, 0.5) is 0 Å². The zero-order valence-corrected chi connectivity index (χ0v) is 16.6. The van der Waals surface area contributed by atoms with Gasteiger partial charge in [0.2, 0.25) is 0 Å². The Morgan fingerprint density at radius 2 is 0.917 bits per heavy atom. The monoisotopic (exact) mass is 354 g/mol. The SMILES string of the molecule is CC(C)(CCC(C)(C)C(=S)c1ccccc1)C(=S)c1ccccc1. The van der Waals surface area contributed by atoms with Crippen LogP contribution in [0, 0.1) is 10.8 Å². The first-order chi connectivity index (χ1) is 11.2. The highest BCUT2D eigenvalue weighted by Crippen LogP contribution is 2.36. The van der Waals surface area contributed by atoms with Crippen molar-refractivity contribution >= 4 is 34.2 Å². The first-order valence-electron chi connectivity index (χ1n) is 8.44. The average molecular weight is 355 g/mol. The summed E-state index contributed by atoms with van der Waals surface area (Å²) < 4.78 is 0. The molecule has 0 heterocycles. The lowest BCUT2D eigenvalue weighted by molar-refractivity contribution is 0.373. The van der Waals surface area contributed by atoms with Gasteiger partial charge in [0.1, 0.15) is 0 Å². The van der Waals surface area contributed by atoms with Crippen LogP contribution in [0.15, 0.2) is 60.7 Å². The predicted octanol–water partition coefficient (Wildman–Crippen LogP) is 6.66. The van der Waals surface area contributed by atoms with Crippen molar-refractivity contribution in [3.05, 3.63) is 71.8 Å². The topological polar surface area (TPSA) is 0 Å². The second-order valence-corrected chi connectivity index (χ2v) is 8.47. The molecule has 2 aromatic rings. The number of rotatable bonds is 7. The van der Waals surface area contributed by atoms with Gasteiger partial charge in [0.05, 0.1) is 0 Å². The van der Waals surface area contributed by atoms with Crippen LogP contribution >= 0.6 is 24.4 Å². The lowest BCUT2D eigenvalue weighted by atomic mass is 9.73. The molecule has 0 spiro atoms. The number of hydrogen-bond donors (Lipinski definition) is 0. The normalized spacial score (nSPS) is 12.0. The zero-order chi connectivity index (χ0) is 17.8. The van der Waals surface area contributed by atoms with E-state index >= 15 is 0 Å². The third-order valence-electron chi connectivity index (χ3n) is 4.68. The van der Waals surface area contributed by atoms with E-state index in [1.165, 1.54) is 0 Å². The summed E-state index contributed by atoms with van der Waals surface area (Å²) in [4.78, 5) is 2.06. The molecular formula is C22H26S2. The molecule has 0 aliphatic heterocycles. The summed E-state index contributed by atoms with van der Waals surface area (Å²) in [5.74, 6) is 0. The van der Waals surface area contributed by atoms with Crippen LogP contribution in [0.5, 0.6) is 0 Å². The van der Waals surface area contributed by atoms with E-state index in [0.29, 0.717) is 0 Å². The van der Waals surface area contributed by atoms with E-state index in [1.807, 2.05) is 36.4 Å². The molecule has 0 nitrogen and oxygen atoms in total. The van der Waals surface area contributed by atoms with Crippen molar-refractivity contribution in [1.29, 1.82) is 0 Å². The Morgan fingerprint density at radius 3 is 1.21 bits per heavy atom. The Morgan fingerprint density at radius 1 is 0.625 bits per heavy atom. The highest BCUT2D eigenvalue weighted by Gasteiger charge is 2.31. The molecule has 0 bridgehead atoms. The van der Waals surface area contributed by atoms with Crippen molar-refractivity contribution in [3.8, 4) is 0 Å². The molecule has 2 rings (SSSR count). The van der Waals surface area contributed by atoms with Crippen LogP contribution in [0.3, 0.4) is 0 Å². The van der Waals surface area contributed by atoms with Gasteiger partial charge in [-0.25, -0.2) is 0 Å². The summed E-state index contributed by atoms with van der Waals surface area (Å²) in [5.41, 5.74) is 2.25. The maximum absolute atomic E-state index is 5.77. The maximum atomic E-state index is 5.77. The van der Waals surface area contributed by atoms with Gasteiger partial charge in [0, 0.05) is 20.6 Å². The van der Waals surface area contributed by atoms with Gasteiger partial charge in [0.15, 0.2) is 0 Å². The first-order valence-corrected chi connectivity index (χ1v) is 9.25. The van der Waals surface area contributed by atoms with Crippen molar-refractivity contribution in [2.24, 2.45) is 10.8 Å². The van der Waals surface area contributed by atoms with E-state index < -0.39 is 0 Å². The minimum absolute atomic E-state index is 0.0275.